The molecule has 1 saturated heterocycles. The zero-order chi connectivity index (χ0) is 19.8. The summed E-state index contributed by atoms with van der Waals surface area (Å²) in [7, 11) is -3.43. The lowest BCUT2D eigenvalue weighted by molar-refractivity contribution is 0.385. The maximum Gasteiger partial charge on any atom is 0.243 e. The summed E-state index contributed by atoms with van der Waals surface area (Å²) >= 11 is 0. The lowest BCUT2D eigenvalue weighted by Gasteiger charge is -2.35. The van der Waals surface area contributed by atoms with Crippen molar-refractivity contribution in [1.82, 2.24) is 4.31 Å². The minimum Gasteiger partial charge on any atom is -0.369 e. The Morgan fingerprint density at radius 2 is 1.41 bits per heavy atom. The van der Waals surface area contributed by atoms with Gasteiger partial charge in [-0.3, -0.25) is 0 Å². The third-order valence-corrected chi connectivity index (χ3v) is 7.35. The van der Waals surface area contributed by atoms with Gasteiger partial charge in [0.25, 0.3) is 0 Å². The molecular weight excluding hydrogens is 356 g/mol. The highest BCUT2D eigenvalue weighted by atomic mass is 32.2. The molecule has 0 amide bonds. The first-order valence-electron chi connectivity index (χ1n) is 9.52. The maximum atomic E-state index is 13.0. The smallest absolute Gasteiger partial charge is 0.243 e. The molecule has 0 radical (unpaired) electrons. The molecule has 1 aliphatic rings. The number of nitrogens with zero attached hydrogens (tertiary/aromatic N) is 2. The molecule has 0 saturated carbocycles. The van der Waals surface area contributed by atoms with Crippen LogP contribution < -0.4 is 4.90 Å². The first-order chi connectivity index (χ1) is 12.6. The second-order valence-electron chi connectivity index (χ2n) is 8.43. The first-order valence-corrected chi connectivity index (χ1v) is 11.0. The number of rotatable bonds is 3. The zero-order valence-corrected chi connectivity index (χ0v) is 17.8. The molecule has 2 aromatic rings. The van der Waals surface area contributed by atoms with E-state index in [0.717, 1.165) is 16.8 Å². The molecule has 0 bridgehead atoms. The van der Waals surface area contributed by atoms with Crippen LogP contribution in [0, 0.1) is 13.8 Å². The molecule has 0 aliphatic carbocycles. The highest BCUT2D eigenvalue weighted by molar-refractivity contribution is 7.89. The van der Waals surface area contributed by atoms with E-state index in [9.17, 15) is 8.42 Å². The van der Waals surface area contributed by atoms with E-state index in [1.807, 2.05) is 19.9 Å². The molecule has 27 heavy (non-hydrogen) atoms. The van der Waals surface area contributed by atoms with E-state index in [1.165, 1.54) is 5.56 Å². The largest absolute Gasteiger partial charge is 0.369 e. The average molecular weight is 387 g/mol. The number of sulfonamides is 1. The minimum atomic E-state index is -3.43. The van der Waals surface area contributed by atoms with E-state index in [2.05, 4.69) is 49.9 Å². The van der Waals surface area contributed by atoms with Crippen molar-refractivity contribution in [3.63, 3.8) is 0 Å². The van der Waals surface area contributed by atoms with Crippen LogP contribution >= 0.6 is 0 Å². The molecule has 1 heterocycles. The molecule has 0 unspecified atom stereocenters. The first kappa shape index (κ1) is 19.9. The maximum absolute atomic E-state index is 13.0. The average Bonchev–Trinajstić information content (AvgIpc) is 2.63. The highest BCUT2D eigenvalue weighted by Gasteiger charge is 2.29. The second kappa shape index (κ2) is 7.28. The molecule has 5 heteroatoms. The molecule has 4 nitrogen and oxygen atoms in total. The fourth-order valence-electron chi connectivity index (χ4n) is 3.38. The van der Waals surface area contributed by atoms with E-state index in [1.54, 1.807) is 16.4 Å². The predicted octanol–water partition coefficient (Wildman–Crippen LogP) is 4.11. The van der Waals surface area contributed by atoms with Crippen molar-refractivity contribution < 1.29 is 8.42 Å². The Kier molecular flexibility index (Phi) is 5.37. The minimum absolute atomic E-state index is 0.136. The molecule has 0 atom stereocenters. The van der Waals surface area contributed by atoms with Crippen molar-refractivity contribution in [2.75, 3.05) is 31.1 Å². The van der Waals surface area contributed by atoms with E-state index in [0.29, 0.717) is 31.1 Å². The predicted molar refractivity (Wildman–Crippen MR) is 112 cm³/mol. The lowest BCUT2D eigenvalue weighted by atomic mass is 9.87. The van der Waals surface area contributed by atoms with Crippen LogP contribution in [0.4, 0.5) is 5.69 Å². The van der Waals surface area contributed by atoms with Gasteiger partial charge in [-0.1, -0.05) is 39.0 Å². The van der Waals surface area contributed by atoms with Gasteiger partial charge < -0.3 is 4.90 Å². The topological polar surface area (TPSA) is 40.6 Å². The van der Waals surface area contributed by atoms with Crippen molar-refractivity contribution in [3.8, 4) is 0 Å². The summed E-state index contributed by atoms with van der Waals surface area (Å²) in [6.45, 7) is 13.0. The van der Waals surface area contributed by atoms with Crippen LogP contribution in [-0.4, -0.2) is 38.9 Å². The Morgan fingerprint density at radius 1 is 0.815 bits per heavy atom. The second-order valence-corrected chi connectivity index (χ2v) is 10.4. The van der Waals surface area contributed by atoms with E-state index < -0.39 is 10.0 Å². The summed E-state index contributed by atoms with van der Waals surface area (Å²) in [6.07, 6.45) is 0. The summed E-state index contributed by atoms with van der Waals surface area (Å²) in [5.74, 6) is 0. The van der Waals surface area contributed by atoms with Crippen LogP contribution in [0.25, 0.3) is 0 Å². The normalized spacial score (nSPS) is 16.6. The summed E-state index contributed by atoms with van der Waals surface area (Å²) in [5, 5.41) is 0. The van der Waals surface area contributed by atoms with Gasteiger partial charge in [-0.05, 0) is 60.2 Å². The number of hydrogen-bond donors (Lipinski definition) is 0. The van der Waals surface area contributed by atoms with Gasteiger partial charge in [0, 0.05) is 31.9 Å². The van der Waals surface area contributed by atoms with Crippen LogP contribution in [0.1, 0.15) is 37.5 Å². The third-order valence-electron chi connectivity index (χ3n) is 5.45. The van der Waals surface area contributed by atoms with Gasteiger partial charge >= 0.3 is 0 Å². The summed E-state index contributed by atoms with van der Waals surface area (Å²) < 4.78 is 27.5. The zero-order valence-electron chi connectivity index (χ0n) is 17.0. The van der Waals surface area contributed by atoms with E-state index in [4.69, 9.17) is 0 Å². The molecule has 146 valence electrons. The third kappa shape index (κ3) is 4.19. The molecule has 0 N–H and O–H groups in total. The van der Waals surface area contributed by atoms with E-state index in [-0.39, 0.29) is 5.41 Å². The number of anilines is 1. The number of hydrogen-bond acceptors (Lipinski definition) is 3. The van der Waals surface area contributed by atoms with Crippen molar-refractivity contribution in [1.29, 1.82) is 0 Å². The van der Waals surface area contributed by atoms with Crippen molar-refractivity contribution in [2.45, 2.75) is 44.9 Å². The van der Waals surface area contributed by atoms with Gasteiger partial charge in [-0.15, -0.1) is 0 Å². The van der Waals surface area contributed by atoms with Crippen molar-refractivity contribution in [3.05, 3.63) is 59.2 Å². The Labute approximate surface area is 163 Å². The van der Waals surface area contributed by atoms with Gasteiger partial charge in [-0.2, -0.15) is 4.31 Å². The SMILES string of the molecule is Cc1ccc(S(=O)(=O)N2CCN(c3ccc(C(C)(C)C)cc3)CC2)cc1C. The van der Waals surface area contributed by atoms with Crippen LogP contribution in [0.2, 0.25) is 0 Å². The van der Waals surface area contributed by atoms with Gasteiger partial charge in [0.1, 0.15) is 0 Å². The molecule has 3 rings (SSSR count). The quantitative estimate of drug-likeness (QED) is 0.797. The van der Waals surface area contributed by atoms with Crippen LogP contribution in [0.3, 0.4) is 0 Å². The Balaban J connectivity index is 1.70. The van der Waals surface area contributed by atoms with E-state index >= 15 is 0 Å². The summed E-state index contributed by atoms with van der Waals surface area (Å²) in [6, 6.07) is 14.0. The number of benzene rings is 2. The Bertz CT molecular complexity index is 904. The monoisotopic (exact) mass is 386 g/mol. The highest BCUT2D eigenvalue weighted by Crippen LogP contribution is 2.26. The fourth-order valence-corrected chi connectivity index (χ4v) is 4.89. The molecule has 0 spiro atoms. The fraction of sp³-hybridized carbons (Fsp3) is 0.455. The van der Waals surface area contributed by atoms with Crippen LogP contribution in [0.5, 0.6) is 0 Å². The van der Waals surface area contributed by atoms with Gasteiger partial charge in [-0.25, -0.2) is 8.42 Å². The van der Waals surface area contributed by atoms with Gasteiger partial charge in [0.05, 0.1) is 4.90 Å². The number of piperazine rings is 1. The molecule has 2 aromatic carbocycles. The molecule has 0 aromatic heterocycles. The summed E-state index contributed by atoms with van der Waals surface area (Å²) in [5.41, 5.74) is 4.72. The molecular formula is C22H30N2O2S. The molecule has 1 aliphatic heterocycles. The van der Waals surface area contributed by atoms with Crippen molar-refractivity contribution in [2.24, 2.45) is 0 Å². The van der Waals surface area contributed by atoms with Crippen LogP contribution in [-0.2, 0) is 15.4 Å². The Morgan fingerprint density at radius 3 is 1.93 bits per heavy atom. The number of aryl methyl sites for hydroxylation is 2. The standard InChI is InChI=1S/C22H30N2O2S/c1-17-6-11-21(16-18(17)2)27(25,26)24-14-12-23(13-15-24)20-9-7-19(8-10-20)22(3,4)5/h6-11,16H,12-15H2,1-5H3. The van der Waals surface area contributed by atoms with Crippen molar-refractivity contribution >= 4 is 15.7 Å². The van der Waals surface area contributed by atoms with Gasteiger partial charge in [0.2, 0.25) is 10.0 Å². The Hall–Kier alpha value is -1.85. The van der Waals surface area contributed by atoms with Gasteiger partial charge in [0.15, 0.2) is 0 Å². The molecule has 1 fully saturated rings. The van der Waals surface area contributed by atoms with Crippen LogP contribution in [0.15, 0.2) is 47.4 Å². The lowest BCUT2D eigenvalue weighted by Crippen LogP contribution is -2.48. The summed E-state index contributed by atoms with van der Waals surface area (Å²) in [4.78, 5) is 2.66.